The second kappa shape index (κ2) is 6.00. The molecular formula is C19H22N2O5. The molecule has 4 rings (SSSR count). The van der Waals surface area contributed by atoms with E-state index in [4.69, 9.17) is 9.84 Å². The number of carboxylic acid groups (broad SMARTS) is 1. The maximum atomic E-state index is 13.0. The second-order valence-electron chi connectivity index (χ2n) is 7.55. The Labute approximate surface area is 151 Å². The molecule has 1 aromatic rings. The lowest BCUT2D eigenvalue weighted by Crippen LogP contribution is -2.42. The van der Waals surface area contributed by atoms with E-state index in [1.807, 2.05) is 37.3 Å². The zero-order valence-corrected chi connectivity index (χ0v) is 14.6. The molecule has 2 saturated heterocycles. The van der Waals surface area contributed by atoms with Gasteiger partial charge in [-0.2, -0.15) is 0 Å². The van der Waals surface area contributed by atoms with Gasteiger partial charge in [0.15, 0.2) is 0 Å². The summed E-state index contributed by atoms with van der Waals surface area (Å²) in [6, 6.07) is 9.09. The maximum absolute atomic E-state index is 13.0. The largest absolute Gasteiger partial charge is 0.465 e. The fourth-order valence-corrected chi connectivity index (χ4v) is 4.41. The molecule has 1 saturated carbocycles. The zero-order valence-electron chi connectivity index (χ0n) is 14.6. The van der Waals surface area contributed by atoms with E-state index < -0.39 is 18.3 Å². The average Bonchev–Trinajstić information content (AvgIpc) is 3.24. The van der Waals surface area contributed by atoms with E-state index >= 15 is 0 Å². The quantitative estimate of drug-likeness (QED) is 0.878. The van der Waals surface area contributed by atoms with Crippen molar-refractivity contribution in [3.8, 4) is 0 Å². The van der Waals surface area contributed by atoms with Gasteiger partial charge in [0, 0.05) is 19.0 Å². The molecule has 2 heterocycles. The fourth-order valence-electron chi connectivity index (χ4n) is 4.41. The molecule has 3 aliphatic rings. The van der Waals surface area contributed by atoms with Crippen molar-refractivity contribution in [2.45, 2.75) is 38.3 Å². The van der Waals surface area contributed by atoms with Crippen LogP contribution in [0.4, 0.5) is 9.59 Å². The highest BCUT2D eigenvalue weighted by Gasteiger charge is 2.62. The normalized spacial score (nSPS) is 29.6. The highest BCUT2D eigenvalue weighted by atomic mass is 16.6. The Morgan fingerprint density at radius 1 is 1.19 bits per heavy atom. The molecule has 26 heavy (non-hydrogen) atoms. The lowest BCUT2D eigenvalue weighted by Gasteiger charge is -2.31. The van der Waals surface area contributed by atoms with Gasteiger partial charge in [-0.25, -0.2) is 14.5 Å². The summed E-state index contributed by atoms with van der Waals surface area (Å²) < 4.78 is 5.48. The van der Waals surface area contributed by atoms with E-state index in [9.17, 15) is 14.4 Å². The van der Waals surface area contributed by atoms with Crippen LogP contribution in [0.3, 0.4) is 0 Å². The second-order valence-corrected chi connectivity index (χ2v) is 7.55. The number of hydrogen-bond donors (Lipinski definition) is 1. The molecule has 0 aromatic heterocycles. The summed E-state index contributed by atoms with van der Waals surface area (Å²) in [5, 5.41) is 9.07. The number of hydrogen-bond acceptors (Lipinski definition) is 4. The minimum absolute atomic E-state index is 0.145. The number of rotatable bonds is 2. The number of nitrogens with zero attached hydrogens (tertiary/aromatic N) is 2. The first-order valence-electron chi connectivity index (χ1n) is 8.99. The molecular weight excluding hydrogens is 336 g/mol. The first-order valence-corrected chi connectivity index (χ1v) is 8.99. The van der Waals surface area contributed by atoms with E-state index in [1.54, 1.807) is 0 Å². The van der Waals surface area contributed by atoms with Crippen LogP contribution in [0.2, 0.25) is 0 Å². The number of carbonyl (C=O) groups excluding carboxylic acids is 2. The Bertz CT molecular complexity index is 742. The summed E-state index contributed by atoms with van der Waals surface area (Å²) in [7, 11) is 0. The first-order chi connectivity index (χ1) is 12.4. The molecule has 138 valence electrons. The Morgan fingerprint density at radius 3 is 2.46 bits per heavy atom. The number of cyclic esters (lactones) is 1. The Hall–Kier alpha value is -2.57. The van der Waals surface area contributed by atoms with Crippen LogP contribution in [0.1, 0.15) is 37.9 Å². The third kappa shape index (κ3) is 2.62. The van der Waals surface area contributed by atoms with Crippen molar-refractivity contribution in [3.63, 3.8) is 0 Å². The van der Waals surface area contributed by atoms with E-state index in [1.165, 1.54) is 9.80 Å². The lowest BCUT2D eigenvalue weighted by molar-refractivity contribution is -0.131. The number of carbonyl (C=O) groups is 3. The van der Waals surface area contributed by atoms with Crippen molar-refractivity contribution >= 4 is 18.1 Å². The molecule has 7 nitrogen and oxygen atoms in total. The molecule has 1 aromatic carbocycles. The molecule has 7 heteroatoms. The molecule has 1 spiro atoms. The first kappa shape index (κ1) is 16.9. The third-order valence-electron chi connectivity index (χ3n) is 6.15. The molecule has 2 aliphatic heterocycles. The summed E-state index contributed by atoms with van der Waals surface area (Å²) in [6.45, 7) is 2.74. The molecule has 3 amide bonds. The molecule has 1 aliphatic carbocycles. The topological polar surface area (TPSA) is 87.2 Å². The standard InChI is InChI=1S/C19H22N2O5/c1-12-15(13-5-3-2-4-6-13)26-18(25)21(12)16(22)14-11-19(14)7-9-20(10-8-19)17(23)24/h2-6,12,14-15H,7-11H2,1H3,(H,23,24)/t12-,14?,15-/m1/s1. The van der Waals surface area contributed by atoms with Gasteiger partial charge in [-0.1, -0.05) is 30.3 Å². The zero-order chi connectivity index (χ0) is 18.5. The monoisotopic (exact) mass is 358 g/mol. The minimum Gasteiger partial charge on any atom is -0.465 e. The van der Waals surface area contributed by atoms with Crippen LogP contribution in [0, 0.1) is 11.3 Å². The van der Waals surface area contributed by atoms with Crippen LogP contribution in [0.5, 0.6) is 0 Å². The van der Waals surface area contributed by atoms with Crippen LogP contribution < -0.4 is 0 Å². The van der Waals surface area contributed by atoms with Crippen molar-refractivity contribution in [2.75, 3.05) is 13.1 Å². The van der Waals surface area contributed by atoms with Gasteiger partial charge < -0.3 is 14.7 Å². The highest BCUT2D eigenvalue weighted by molar-refractivity contribution is 5.97. The van der Waals surface area contributed by atoms with Crippen molar-refractivity contribution in [1.82, 2.24) is 9.80 Å². The van der Waals surface area contributed by atoms with Gasteiger partial charge in [-0.3, -0.25) is 4.79 Å². The summed E-state index contributed by atoms with van der Waals surface area (Å²) in [5.41, 5.74) is 0.734. The van der Waals surface area contributed by atoms with E-state index in [2.05, 4.69) is 0 Å². The Kier molecular flexibility index (Phi) is 3.89. The van der Waals surface area contributed by atoms with Gasteiger partial charge in [-0.05, 0) is 37.2 Å². The predicted octanol–water partition coefficient (Wildman–Crippen LogP) is 2.88. The highest BCUT2D eigenvalue weighted by Crippen LogP contribution is 2.60. The van der Waals surface area contributed by atoms with Gasteiger partial charge in [0.1, 0.15) is 6.10 Å². The van der Waals surface area contributed by atoms with Gasteiger partial charge >= 0.3 is 12.2 Å². The van der Waals surface area contributed by atoms with E-state index in [0.717, 1.165) is 12.0 Å². The molecule has 1 N–H and O–H groups in total. The van der Waals surface area contributed by atoms with Crippen LogP contribution in [-0.2, 0) is 9.53 Å². The van der Waals surface area contributed by atoms with E-state index in [-0.39, 0.29) is 23.3 Å². The van der Waals surface area contributed by atoms with Crippen LogP contribution in [0.25, 0.3) is 0 Å². The molecule has 0 radical (unpaired) electrons. The average molecular weight is 358 g/mol. The summed E-state index contributed by atoms with van der Waals surface area (Å²) in [5.74, 6) is -0.382. The van der Waals surface area contributed by atoms with Crippen LogP contribution in [0.15, 0.2) is 30.3 Å². The number of ether oxygens (including phenoxy) is 1. The van der Waals surface area contributed by atoms with Crippen molar-refractivity contribution in [1.29, 1.82) is 0 Å². The van der Waals surface area contributed by atoms with Crippen LogP contribution >= 0.6 is 0 Å². The minimum atomic E-state index is -0.911. The van der Waals surface area contributed by atoms with Gasteiger partial charge in [0.25, 0.3) is 0 Å². The van der Waals surface area contributed by atoms with Crippen molar-refractivity contribution in [3.05, 3.63) is 35.9 Å². The van der Waals surface area contributed by atoms with Gasteiger partial charge in [0.05, 0.1) is 6.04 Å². The lowest BCUT2D eigenvalue weighted by atomic mass is 9.90. The number of piperidine rings is 1. The fraction of sp³-hybridized carbons (Fsp3) is 0.526. The molecule has 0 bridgehead atoms. The van der Waals surface area contributed by atoms with E-state index in [0.29, 0.717) is 25.9 Å². The van der Waals surface area contributed by atoms with Gasteiger partial charge in [0.2, 0.25) is 5.91 Å². The summed E-state index contributed by atoms with van der Waals surface area (Å²) >= 11 is 0. The summed E-state index contributed by atoms with van der Waals surface area (Å²) in [6.07, 6.45) is 0.138. The van der Waals surface area contributed by atoms with Crippen molar-refractivity contribution < 1.29 is 24.2 Å². The number of benzene rings is 1. The predicted molar refractivity (Wildman–Crippen MR) is 91.3 cm³/mol. The molecule has 3 atom stereocenters. The Morgan fingerprint density at radius 2 is 1.85 bits per heavy atom. The number of imide groups is 1. The van der Waals surface area contributed by atoms with Crippen LogP contribution in [-0.4, -0.2) is 52.1 Å². The smallest absolute Gasteiger partial charge is 0.417 e. The SMILES string of the molecule is C[C@@H]1[C@H](c2ccccc2)OC(=O)N1C(=O)C1CC12CCN(C(=O)O)CC2. The molecule has 1 unspecified atom stereocenters. The maximum Gasteiger partial charge on any atom is 0.417 e. The number of likely N-dealkylation sites (tertiary alicyclic amines) is 1. The molecule has 3 fully saturated rings. The Balaban J connectivity index is 1.45. The van der Waals surface area contributed by atoms with Crippen molar-refractivity contribution in [2.24, 2.45) is 11.3 Å². The number of amides is 3. The van der Waals surface area contributed by atoms with Gasteiger partial charge in [-0.15, -0.1) is 0 Å². The summed E-state index contributed by atoms with van der Waals surface area (Å²) in [4.78, 5) is 39.1. The third-order valence-corrected chi connectivity index (χ3v) is 6.15.